The summed E-state index contributed by atoms with van der Waals surface area (Å²) in [7, 11) is 0. The quantitative estimate of drug-likeness (QED) is 0.905. The summed E-state index contributed by atoms with van der Waals surface area (Å²) >= 11 is 1.13. The van der Waals surface area contributed by atoms with Crippen molar-refractivity contribution < 1.29 is 9.90 Å². The number of carbonyl (C=O) groups is 1. The Balaban J connectivity index is 1.69. The lowest BCUT2D eigenvalue weighted by Gasteiger charge is -2.17. The van der Waals surface area contributed by atoms with Crippen LogP contribution in [-0.4, -0.2) is 29.1 Å². The molecule has 1 saturated heterocycles. The minimum absolute atomic E-state index is 0.237. The summed E-state index contributed by atoms with van der Waals surface area (Å²) in [5.41, 5.74) is 2.15. The lowest BCUT2D eigenvalue weighted by molar-refractivity contribution is 0.0702. The molecule has 0 bridgehead atoms. The summed E-state index contributed by atoms with van der Waals surface area (Å²) < 4.78 is 0. The zero-order chi connectivity index (χ0) is 13.9. The third-order valence-electron chi connectivity index (χ3n) is 3.31. The molecule has 0 unspecified atom stereocenters. The molecule has 2 heterocycles. The highest BCUT2D eigenvalue weighted by molar-refractivity contribution is 7.17. The summed E-state index contributed by atoms with van der Waals surface area (Å²) in [5.74, 6) is -0.945. The summed E-state index contributed by atoms with van der Waals surface area (Å²) in [6.07, 6.45) is 3.89. The van der Waals surface area contributed by atoms with Crippen LogP contribution in [0.4, 0.5) is 16.5 Å². The number of aromatic nitrogens is 1. The Bertz CT molecular complexity index is 603. The van der Waals surface area contributed by atoms with Gasteiger partial charge in [-0.15, -0.1) is 0 Å². The molecule has 0 saturated carbocycles. The highest BCUT2D eigenvalue weighted by Gasteiger charge is 2.12. The Morgan fingerprint density at radius 3 is 2.55 bits per heavy atom. The molecular formula is C14H15N3O2S. The normalized spacial score (nSPS) is 14.5. The van der Waals surface area contributed by atoms with Crippen LogP contribution in [0.2, 0.25) is 0 Å². The number of aromatic carboxylic acids is 1. The second kappa shape index (κ2) is 5.50. The molecule has 0 spiro atoms. The largest absolute Gasteiger partial charge is 0.477 e. The monoisotopic (exact) mass is 289 g/mol. The van der Waals surface area contributed by atoms with Crippen LogP contribution in [0, 0.1) is 0 Å². The Kier molecular flexibility index (Phi) is 3.56. The number of carboxylic acid groups (broad SMARTS) is 1. The van der Waals surface area contributed by atoms with Gasteiger partial charge in [0.15, 0.2) is 5.13 Å². The molecule has 1 aromatic heterocycles. The number of rotatable bonds is 4. The van der Waals surface area contributed by atoms with Gasteiger partial charge >= 0.3 is 5.97 Å². The second-order valence-electron chi connectivity index (χ2n) is 4.70. The van der Waals surface area contributed by atoms with Crippen LogP contribution in [0.1, 0.15) is 22.5 Å². The smallest absolute Gasteiger partial charge is 0.347 e. The van der Waals surface area contributed by atoms with E-state index in [1.807, 2.05) is 12.1 Å². The van der Waals surface area contributed by atoms with Gasteiger partial charge in [-0.25, -0.2) is 9.78 Å². The number of thiazole rings is 1. The first-order chi connectivity index (χ1) is 9.72. The van der Waals surface area contributed by atoms with E-state index in [-0.39, 0.29) is 4.88 Å². The third-order valence-corrected chi connectivity index (χ3v) is 4.21. The molecule has 3 rings (SSSR count). The Morgan fingerprint density at radius 2 is 1.95 bits per heavy atom. The minimum Gasteiger partial charge on any atom is -0.477 e. The van der Waals surface area contributed by atoms with E-state index in [9.17, 15) is 4.79 Å². The topological polar surface area (TPSA) is 65.5 Å². The molecule has 0 aliphatic carbocycles. The van der Waals surface area contributed by atoms with Gasteiger partial charge in [-0.05, 0) is 37.1 Å². The lowest BCUT2D eigenvalue weighted by atomic mass is 10.2. The van der Waals surface area contributed by atoms with Crippen LogP contribution in [0.3, 0.4) is 0 Å². The average Bonchev–Trinajstić information content (AvgIpc) is 3.10. The predicted molar refractivity (Wildman–Crippen MR) is 80.2 cm³/mol. The zero-order valence-corrected chi connectivity index (χ0v) is 11.7. The van der Waals surface area contributed by atoms with Crippen molar-refractivity contribution in [1.82, 2.24) is 4.98 Å². The first kappa shape index (κ1) is 12.9. The van der Waals surface area contributed by atoms with Gasteiger partial charge in [0.1, 0.15) is 4.88 Å². The van der Waals surface area contributed by atoms with Crippen molar-refractivity contribution in [3.8, 4) is 0 Å². The number of nitrogens with zero attached hydrogens (tertiary/aromatic N) is 2. The molecule has 0 radical (unpaired) electrons. The van der Waals surface area contributed by atoms with Crippen molar-refractivity contribution in [2.24, 2.45) is 0 Å². The van der Waals surface area contributed by atoms with Crippen molar-refractivity contribution >= 4 is 33.8 Å². The van der Waals surface area contributed by atoms with Gasteiger partial charge in [0.25, 0.3) is 0 Å². The molecule has 5 nitrogen and oxygen atoms in total. The van der Waals surface area contributed by atoms with Crippen molar-refractivity contribution in [2.45, 2.75) is 12.8 Å². The van der Waals surface area contributed by atoms with Crippen molar-refractivity contribution in [2.75, 3.05) is 23.3 Å². The Morgan fingerprint density at radius 1 is 1.25 bits per heavy atom. The first-order valence-corrected chi connectivity index (χ1v) is 7.35. The second-order valence-corrected chi connectivity index (χ2v) is 5.73. The van der Waals surface area contributed by atoms with E-state index in [0.717, 1.165) is 30.1 Å². The summed E-state index contributed by atoms with van der Waals surface area (Å²) in [6, 6.07) is 8.16. The molecule has 2 aromatic rings. The number of carboxylic acids is 1. The fourth-order valence-corrected chi connectivity index (χ4v) is 2.96. The standard InChI is InChI=1S/C14H15N3O2S/c18-13(19)12-9-15-14(20-12)16-10-3-5-11(6-4-10)17-7-1-2-8-17/h3-6,9H,1-2,7-8H2,(H,15,16)(H,18,19). The van der Waals surface area contributed by atoms with E-state index in [1.54, 1.807) is 0 Å². The molecule has 1 aliphatic rings. The molecule has 1 fully saturated rings. The van der Waals surface area contributed by atoms with Gasteiger partial charge in [0.05, 0.1) is 6.20 Å². The molecule has 20 heavy (non-hydrogen) atoms. The number of benzene rings is 1. The van der Waals surface area contributed by atoms with E-state index in [0.29, 0.717) is 5.13 Å². The maximum atomic E-state index is 10.8. The maximum absolute atomic E-state index is 10.8. The number of anilines is 3. The highest BCUT2D eigenvalue weighted by Crippen LogP contribution is 2.25. The van der Waals surface area contributed by atoms with Gasteiger partial charge < -0.3 is 15.3 Å². The number of nitrogens with one attached hydrogen (secondary N) is 1. The van der Waals surface area contributed by atoms with Crippen LogP contribution in [-0.2, 0) is 0 Å². The van der Waals surface area contributed by atoms with Crippen LogP contribution in [0.5, 0.6) is 0 Å². The fourth-order valence-electron chi connectivity index (χ4n) is 2.29. The average molecular weight is 289 g/mol. The Labute approximate surface area is 120 Å². The van der Waals surface area contributed by atoms with Crippen molar-refractivity contribution in [3.05, 3.63) is 35.3 Å². The molecule has 104 valence electrons. The van der Waals surface area contributed by atoms with Gasteiger partial charge in [0.2, 0.25) is 0 Å². The van der Waals surface area contributed by atoms with Crippen LogP contribution >= 0.6 is 11.3 Å². The summed E-state index contributed by atoms with van der Waals surface area (Å²) in [4.78, 5) is 17.5. The fraction of sp³-hybridized carbons (Fsp3) is 0.286. The van der Waals surface area contributed by atoms with Crippen LogP contribution in [0.15, 0.2) is 30.5 Å². The highest BCUT2D eigenvalue weighted by atomic mass is 32.1. The van der Waals surface area contributed by atoms with Crippen molar-refractivity contribution in [3.63, 3.8) is 0 Å². The zero-order valence-electron chi connectivity index (χ0n) is 10.9. The molecule has 0 amide bonds. The molecule has 1 aromatic carbocycles. The van der Waals surface area contributed by atoms with Crippen molar-refractivity contribution in [1.29, 1.82) is 0 Å². The molecule has 1 aliphatic heterocycles. The van der Waals surface area contributed by atoms with E-state index < -0.39 is 5.97 Å². The van der Waals surface area contributed by atoms with E-state index in [4.69, 9.17) is 5.11 Å². The van der Waals surface area contributed by atoms with Gasteiger partial charge in [-0.1, -0.05) is 11.3 Å². The lowest BCUT2D eigenvalue weighted by Crippen LogP contribution is -2.17. The van der Waals surface area contributed by atoms with Crippen LogP contribution in [0.25, 0.3) is 0 Å². The first-order valence-electron chi connectivity index (χ1n) is 6.53. The minimum atomic E-state index is -0.945. The van der Waals surface area contributed by atoms with Crippen LogP contribution < -0.4 is 10.2 Å². The third kappa shape index (κ3) is 2.75. The van der Waals surface area contributed by atoms with E-state index in [1.165, 1.54) is 24.7 Å². The van der Waals surface area contributed by atoms with E-state index >= 15 is 0 Å². The maximum Gasteiger partial charge on any atom is 0.347 e. The predicted octanol–water partition coefficient (Wildman–Crippen LogP) is 3.19. The van der Waals surface area contributed by atoms with Gasteiger partial charge in [-0.2, -0.15) is 0 Å². The number of hydrogen-bond acceptors (Lipinski definition) is 5. The summed E-state index contributed by atoms with van der Waals surface area (Å²) in [6.45, 7) is 2.25. The summed E-state index contributed by atoms with van der Waals surface area (Å²) in [5, 5.41) is 12.6. The SMILES string of the molecule is O=C(O)c1cnc(Nc2ccc(N3CCCC3)cc2)s1. The molecule has 0 atom stereocenters. The van der Waals surface area contributed by atoms with Gasteiger partial charge in [0, 0.05) is 24.5 Å². The van der Waals surface area contributed by atoms with Gasteiger partial charge in [-0.3, -0.25) is 0 Å². The molecule has 6 heteroatoms. The Hall–Kier alpha value is -2.08. The molecule has 2 N–H and O–H groups in total. The number of hydrogen-bond donors (Lipinski definition) is 2. The van der Waals surface area contributed by atoms with E-state index in [2.05, 4.69) is 27.3 Å². The molecular weight excluding hydrogens is 274 g/mol.